The number of esters is 1. The molecule has 0 radical (unpaired) electrons. The maximum Gasteiger partial charge on any atom is 0.330 e. The first kappa shape index (κ1) is 10.7. The molecule has 0 aliphatic heterocycles. The van der Waals surface area contributed by atoms with Crippen molar-refractivity contribution in [3.05, 3.63) is 12.7 Å². The SMILES string of the molecule is C=CC(=O)O[C@@H]1C(C)(C)[C@H]2CC[C@]1(C)C2. The third kappa shape index (κ3) is 1.42. The minimum absolute atomic E-state index is 0.0641. The molecular weight excluding hydrogens is 188 g/mol. The summed E-state index contributed by atoms with van der Waals surface area (Å²) in [4.78, 5) is 11.3. The molecule has 3 atom stereocenters. The van der Waals surface area contributed by atoms with E-state index < -0.39 is 0 Å². The lowest BCUT2D eigenvalue weighted by molar-refractivity contribution is -0.158. The van der Waals surface area contributed by atoms with Gasteiger partial charge in [-0.05, 0) is 25.2 Å². The van der Waals surface area contributed by atoms with Gasteiger partial charge in [0.15, 0.2) is 0 Å². The first-order valence-corrected chi connectivity index (χ1v) is 5.73. The van der Waals surface area contributed by atoms with Gasteiger partial charge in [0.1, 0.15) is 6.10 Å². The zero-order chi connectivity index (χ0) is 11.3. The van der Waals surface area contributed by atoms with Crippen LogP contribution in [0.15, 0.2) is 12.7 Å². The molecule has 2 rings (SSSR count). The van der Waals surface area contributed by atoms with Crippen molar-refractivity contribution in [2.75, 3.05) is 0 Å². The normalized spacial score (nSPS) is 41.5. The zero-order valence-electron chi connectivity index (χ0n) is 9.88. The molecule has 2 aliphatic rings. The number of hydrogen-bond donors (Lipinski definition) is 0. The molecule has 2 aliphatic carbocycles. The van der Waals surface area contributed by atoms with Crippen LogP contribution in [0.25, 0.3) is 0 Å². The zero-order valence-corrected chi connectivity index (χ0v) is 9.88. The molecular formula is C13H20O2. The van der Waals surface area contributed by atoms with Gasteiger partial charge in [0.05, 0.1) is 0 Å². The Kier molecular flexibility index (Phi) is 2.21. The molecule has 2 heteroatoms. The van der Waals surface area contributed by atoms with E-state index in [1.807, 2.05) is 0 Å². The Hall–Kier alpha value is -0.790. The molecule has 0 aromatic carbocycles. The minimum atomic E-state index is -0.276. The Labute approximate surface area is 91.7 Å². The summed E-state index contributed by atoms with van der Waals surface area (Å²) < 4.78 is 5.56. The van der Waals surface area contributed by atoms with Gasteiger partial charge in [0.2, 0.25) is 0 Å². The Morgan fingerprint density at radius 3 is 2.60 bits per heavy atom. The Morgan fingerprint density at radius 1 is 1.47 bits per heavy atom. The second-order valence-electron chi connectivity index (χ2n) is 5.94. The van der Waals surface area contributed by atoms with Gasteiger partial charge in [0, 0.05) is 16.9 Å². The van der Waals surface area contributed by atoms with E-state index in [0.717, 1.165) is 0 Å². The summed E-state index contributed by atoms with van der Waals surface area (Å²) in [6.45, 7) is 10.2. The second-order valence-corrected chi connectivity index (χ2v) is 5.94. The third-order valence-electron chi connectivity index (χ3n) is 4.54. The molecule has 0 N–H and O–H groups in total. The summed E-state index contributed by atoms with van der Waals surface area (Å²) in [7, 11) is 0. The second kappa shape index (κ2) is 3.10. The highest BCUT2D eigenvalue weighted by molar-refractivity contribution is 5.81. The average molecular weight is 208 g/mol. The van der Waals surface area contributed by atoms with E-state index in [0.29, 0.717) is 5.92 Å². The quantitative estimate of drug-likeness (QED) is 0.515. The number of rotatable bonds is 2. The molecule has 0 spiro atoms. The third-order valence-corrected chi connectivity index (χ3v) is 4.54. The van der Waals surface area contributed by atoms with Crippen molar-refractivity contribution in [2.24, 2.45) is 16.7 Å². The summed E-state index contributed by atoms with van der Waals surface area (Å²) in [5, 5.41) is 0. The van der Waals surface area contributed by atoms with E-state index in [4.69, 9.17) is 4.74 Å². The van der Waals surface area contributed by atoms with Crippen molar-refractivity contribution < 1.29 is 9.53 Å². The Bertz CT molecular complexity index is 301. The van der Waals surface area contributed by atoms with E-state index in [9.17, 15) is 4.79 Å². The molecule has 2 fully saturated rings. The van der Waals surface area contributed by atoms with E-state index in [1.54, 1.807) is 0 Å². The topological polar surface area (TPSA) is 26.3 Å². The van der Waals surface area contributed by atoms with E-state index >= 15 is 0 Å². The molecule has 0 saturated heterocycles. The predicted molar refractivity (Wildman–Crippen MR) is 59.3 cm³/mol. The van der Waals surface area contributed by atoms with Gasteiger partial charge in [-0.25, -0.2) is 4.79 Å². The van der Waals surface area contributed by atoms with Crippen molar-refractivity contribution in [1.29, 1.82) is 0 Å². The maximum absolute atomic E-state index is 11.3. The standard InChI is InChI=1S/C13H20O2/c1-5-10(14)15-11-12(2,3)9-6-7-13(11,4)8-9/h5,9,11H,1,6-8H2,2-4H3/t9-,11+,13+/m0/s1. The molecule has 0 heterocycles. The molecule has 15 heavy (non-hydrogen) atoms. The van der Waals surface area contributed by atoms with Crippen LogP contribution in [0.1, 0.15) is 40.0 Å². The Balaban J connectivity index is 2.22. The molecule has 2 saturated carbocycles. The lowest BCUT2D eigenvalue weighted by atomic mass is 9.70. The van der Waals surface area contributed by atoms with E-state index in [1.165, 1.54) is 25.3 Å². The molecule has 2 bridgehead atoms. The van der Waals surface area contributed by atoms with Crippen LogP contribution in [-0.2, 0) is 9.53 Å². The molecule has 0 aromatic rings. The summed E-state index contributed by atoms with van der Waals surface area (Å²) in [6, 6.07) is 0. The first-order chi connectivity index (χ1) is 6.90. The van der Waals surface area contributed by atoms with Crippen LogP contribution in [0.2, 0.25) is 0 Å². The maximum atomic E-state index is 11.3. The van der Waals surface area contributed by atoms with Crippen molar-refractivity contribution in [3.8, 4) is 0 Å². The van der Waals surface area contributed by atoms with Crippen LogP contribution in [-0.4, -0.2) is 12.1 Å². The van der Waals surface area contributed by atoms with Crippen molar-refractivity contribution in [1.82, 2.24) is 0 Å². The van der Waals surface area contributed by atoms with Crippen LogP contribution in [0.4, 0.5) is 0 Å². The van der Waals surface area contributed by atoms with E-state index in [2.05, 4.69) is 27.4 Å². The first-order valence-electron chi connectivity index (χ1n) is 5.73. The van der Waals surface area contributed by atoms with Gasteiger partial charge >= 0.3 is 5.97 Å². The van der Waals surface area contributed by atoms with Crippen molar-refractivity contribution in [2.45, 2.75) is 46.1 Å². The molecule has 84 valence electrons. The fourth-order valence-electron chi connectivity index (χ4n) is 3.71. The molecule has 0 aromatic heterocycles. The Morgan fingerprint density at radius 2 is 2.13 bits per heavy atom. The van der Waals surface area contributed by atoms with Crippen molar-refractivity contribution >= 4 is 5.97 Å². The number of carbonyl (C=O) groups is 1. The van der Waals surface area contributed by atoms with Crippen molar-refractivity contribution in [3.63, 3.8) is 0 Å². The smallest absolute Gasteiger partial charge is 0.330 e. The fourth-order valence-corrected chi connectivity index (χ4v) is 3.71. The number of carbonyl (C=O) groups excluding carboxylic acids is 1. The lowest BCUT2D eigenvalue weighted by Gasteiger charge is -2.41. The summed E-state index contributed by atoms with van der Waals surface area (Å²) in [5.41, 5.74) is 0.332. The average Bonchev–Trinajstić information content (AvgIpc) is 2.63. The minimum Gasteiger partial charge on any atom is -0.458 e. The van der Waals surface area contributed by atoms with Crippen LogP contribution >= 0.6 is 0 Å². The van der Waals surface area contributed by atoms with Crippen LogP contribution < -0.4 is 0 Å². The van der Waals surface area contributed by atoms with Crippen LogP contribution in [0.5, 0.6) is 0 Å². The highest BCUT2D eigenvalue weighted by Crippen LogP contribution is 2.63. The summed E-state index contributed by atoms with van der Waals surface area (Å²) in [5.74, 6) is 0.437. The summed E-state index contributed by atoms with van der Waals surface area (Å²) >= 11 is 0. The van der Waals surface area contributed by atoms with Gasteiger partial charge in [-0.2, -0.15) is 0 Å². The monoisotopic (exact) mass is 208 g/mol. The largest absolute Gasteiger partial charge is 0.458 e. The number of hydrogen-bond acceptors (Lipinski definition) is 2. The predicted octanol–water partition coefficient (Wildman–Crippen LogP) is 2.93. The molecule has 0 unspecified atom stereocenters. The fraction of sp³-hybridized carbons (Fsp3) is 0.769. The highest BCUT2D eigenvalue weighted by Gasteiger charge is 2.61. The highest BCUT2D eigenvalue weighted by atomic mass is 16.5. The number of fused-ring (bicyclic) bond motifs is 2. The van der Waals surface area contributed by atoms with Gasteiger partial charge in [-0.15, -0.1) is 0 Å². The van der Waals surface area contributed by atoms with Gasteiger partial charge in [-0.3, -0.25) is 0 Å². The van der Waals surface area contributed by atoms with E-state index in [-0.39, 0.29) is 22.9 Å². The van der Waals surface area contributed by atoms with Crippen LogP contribution in [0, 0.1) is 16.7 Å². The molecule has 2 nitrogen and oxygen atoms in total. The molecule has 0 amide bonds. The van der Waals surface area contributed by atoms with Gasteiger partial charge < -0.3 is 4.74 Å². The summed E-state index contributed by atoms with van der Waals surface area (Å²) in [6.07, 6.45) is 5.01. The number of ether oxygens (including phenoxy) is 1. The van der Waals surface area contributed by atoms with Gasteiger partial charge in [-0.1, -0.05) is 27.4 Å². The lowest BCUT2D eigenvalue weighted by Crippen LogP contribution is -2.43. The van der Waals surface area contributed by atoms with Crippen LogP contribution in [0.3, 0.4) is 0 Å². The van der Waals surface area contributed by atoms with Gasteiger partial charge in [0.25, 0.3) is 0 Å².